The molecule has 8 atom stereocenters. The molecule has 1 aliphatic rings. The lowest BCUT2D eigenvalue weighted by Gasteiger charge is -2.41. The van der Waals surface area contributed by atoms with E-state index in [0.717, 1.165) is 116 Å². The Labute approximate surface area is 457 Å². The second kappa shape index (κ2) is 51.6. The largest absolute Gasteiger partial charge is 0.454 e. The van der Waals surface area contributed by atoms with Crippen molar-refractivity contribution >= 4 is 11.9 Å². The van der Waals surface area contributed by atoms with E-state index in [1.54, 1.807) is 6.08 Å². The lowest BCUT2D eigenvalue weighted by molar-refractivity contribution is -0.305. The van der Waals surface area contributed by atoms with Gasteiger partial charge >= 0.3 is 5.97 Å². The van der Waals surface area contributed by atoms with Crippen molar-refractivity contribution in [2.75, 3.05) is 13.2 Å². The van der Waals surface area contributed by atoms with Crippen LogP contribution < -0.4 is 5.32 Å². The van der Waals surface area contributed by atoms with Gasteiger partial charge in [-0.05, 0) is 96.3 Å². The summed E-state index contributed by atoms with van der Waals surface area (Å²) in [7, 11) is 0. The first kappa shape index (κ1) is 69.9. The van der Waals surface area contributed by atoms with Crippen LogP contribution in [0.1, 0.15) is 245 Å². The topological polar surface area (TPSA) is 175 Å². The van der Waals surface area contributed by atoms with Crippen LogP contribution in [-0.4, -0.2) is 99.6 Å². The van der Waals surface area contributed by atoms with E-state index in [1.165, 1.54) is 83.5 Å². The van der Waals surface area contributed by atoms with Gasteiger partial charge in [-0.25, -0.2) is 0 Å². The molecule has 0 radical (unpaired) electrons. The van der Waals surface area contributed by atoms with Crippen molar-refractivity contribution in [1.29, 1.82) is 0 Å². The standard InChI is InChI=1S/C64H111NO10/c1-4-7-10-13-16-19-22-25-27-28-29-30-31-32-33-36-39-42-45-48-51-57(68)63(72)65-55(56(67)50-47-44-41-38-35-24-21-18-15-12-9-6-3)54-73-64-62(61(71)60(70)58(53-66)74-64)75-59(69)52-49-46-43-40-37-34-26-23-20-17-14-11-8-5-2/h8,11,16-17,19-20,25,27,29-30,32-33,47,50,55-58,60-62,64,66-68,70-71H,4-7,9-10,12-15,18,21-24,26,28,31,34-46,48-49,51-54H2,1-3H3,(H,65,72)/b11-8+,19-16-,20-17+,27-25-,30-29-,33-32-,50-47+. The van der Waals surface area contributed by atoms with Gasteiger partial charge in [-0.15, -0.1) is 0 Å². The number of esters is 1. The Hall–Kier alpha value is -3.16. The Bertz CT molecular complexity index is 1540. The van der Waals surface area contributed by atoms with E-state index in [0.29, 0.717) is 12.8 Å². The minimum absolute atomic E-state index is 0.108. The number of amides is 1. The highest BCUT2D eigenvalue weighted by Gasteiger charge is 2.47. The summed E-state index contributed by atoms with van der Waals surface area (Å²) in [5, 5.41) is 56.9. The number of rotatable bonds is 50. The van der Waals surface area contributed by atoms with Crippen molar-refractivity contribution in [2.45, 2.75) is 294 Å². The maximum Gasteiger partial charge on any atom is 0.306 e. The highest BCUT2D eigenvalue weighted by molar-refractivity contribution is 5.80. The fourth-order valence-electron chi connectivity index (χ4n) is 8.97. The predicted octanol–water partition coefficient (Wildman–Crippen LogP) is 14.2. The minimum Gasteiger partial charge on any atom is -0.454 e. The molecule has 432 valence electrons. The molecule has 0 bridgehead atoms. The SMILES string of the molecule is CC/C=C/C/C=C/CCCCCCCCCC(=O)OC1C(OCC(NC(=O)C(O)CCCCCC/C=C\C/C=C\C/C=C\C/C=C\CCCCC)C(O)/C=C/CCCCCCCCCCCC)OC(CO)C(O)C1O. The van der Waals surface area contributed by atoms with Crippen molar-refractivity contribution in [3.05, 3.63) is 85.1 Å². The molecule has 1 fully saturated rings. The number of hydrogen-bond donors (Lipinski definition) is 6. The fraction of sp³-hybridized carbons (Fsp3) is 0.750. The molecular formula is C64H111NO10. The zero-order valence-corrected chi connectivity index (χ0v) is 47.6. The van der Waals surface area contributed by atoms with Crippen LogP contribution in [0.2, 0.25) is 0 Å². The normalized spacial score (nSPS) is 19.8. The average Bonchev–Trinajstić information content (AvgIpc) is 3.41. The number of aliphatic hydroxyl groups is 5. The molecule has 8 unspecified atom stereocenters. The van der Waals surface area contributed by atoms with Crippen LogP contribution in [0, 0.1) is 0 Å². The van der Waals surface area contributed by atoms with E-state index in [1.807, 2.05) is 6.08 Å². The van der Waals surface area contributed by atoms with Crippen molar-refractivity contribution in [3.8, 4) is 0 Å². The fourth-order valence-corrected chi connectivity index (χ4v) is 8.97. The summed E-state index contributed by atoms with van der Waals surface area (Å²) in [6, 6.07) is -1.04. The monoisotopic (exact) mass is 1050 g/mol. The van der Waals surface area contributed by atoms with Crippen LogP contribution in [-0.2, 0) is 23.8 Å². The van der Waals surface area contributed by atoms with Crippen LogP contribution in [0.25, 0.3) is 0 Å². The molecule has 0 aromatic rings. The molecule has 1 rings (SSSR count). The van der Waals surface area contributed by atoms with Crippen LogP contribution in [0.15, 0.2) is 85.1 Å². The van der Waals surface area contributed by atoms with Gasteiger partial charge in [-0.3, -0.25) is 9.59 Å². The van der Waals surface area contributed by atoms with Gasteiger partial charge in [0.05, 0.1) is 25.4 Å². The number of unbranched alkanes of at least 4 members (excludes halogenated alkanes) is 24. The van der Waals surface area contributed by atoms with E-state index in [9.17, 15) is 35.1 Å². The number of hydrogen-bond acceptors (Lipinski definition) is 10. The summed E-state index contributed by atoms with van der Waals surface area (Å²) in [6.07, 6.45) is 56.2. The number of carbonyl (C=O) groups is 2. The number of carbonyl (C=O) groups excluding carboxylic acids is 2. The second-order valence-electron chi connectivity index (χ2n) is 20.7. The lowest BCUT2D eigenvalue weighted by atomic mass is 9.99. The summed E-state index contributed by atoms with van der Waals surface area (Å²) in [6.45, 7) is 5.63. The Morgan fingerprint density at radius 2 is 0.960 bits per heavy atom. The molecule has 11 heteroatoms. The number of ether oxygens (including phenoxy) is 3. The van der Waals surface area contributed by atoms with Gasteiger partial charge < -0.3 is 45.1 Å². The van der Waals surface area contributed by atoms with Gasteiger partial charge in [-0.1, -0.05) is 228 Å². The molecular weight excluding hydrogens is 943 g/mol. The summed E-state index contributed by atoms with van der Waals surface area (Å²) < 4.78 is 17.6. The molecule has 11 nitrogen and oxygen atoms in total. The number of allylic oxidation sites excluding steroid dienone is 13. The molecule has 0 aromatic carbocycles. The van der Waals surface area contributed by atoms with E-state index in [-0.39, 0.29) is 19.4 Å². The summed E-state index contributed by atoms with van der Waals surface area (Å²) in [5.41, 5.74) is 0. The zero-order valence-electron chi connectivity index (χ0n) is 47.6. The van der Waals surface area contributed by atoms with E-state index in [4.69, 9.17) is 14.2 Å². The lowest BCUT2D eigenvalue weighted by Crippen LogP contribution is -2.61. The van der Waals surface area contributed by atoms with Crippen molar-refractivity contribution in [2.24, 2.45) is 0 Å². The van der Waals surface area contributed by atoms with Gasteiger partial charge in [0.15, 0.2) is 12.4 Å². The quantitative estimate of drug-likeness (QED) is 0.0195. The van der Waals surface area contributed by atoms with Gasteiger partial charge in [0, 0.05) is 6.42 Å². The molecule has 0 spiro atoms. The van der Waals surface area contributed by atoms with E-state index < -0.39 is 67.4 Å². The molecule has 1 saturated heterocycles. The molecule has 1 aliphatic heterocycles. The molecule has 0 saturated carbocycles. The third-order valence-corrected chi connectivity index (χ3v) is 13.8. The summed E-state index contributed by atoms with van der Waals surface area (Å²) in [5.74, 6) is -1.23. The summed E-state index contributed by atoms with van der Waals surface area (Å²) in [4.78, 5) is 26.5. The second-order valence-corrected chi connectivity index (χ2v) is 20.7. The van der Waals surface area contributed by atoms with Gasteiger partial charge in [0.1, 0.15) is 24.4 Å². The van der Waals surface area contributed by atoms with E-state index >= 15 is 0 Å². The Balaban J connectivity index is 2.72. The third kappa shape index (κ3) is 39.8. The van der Waals surface area contributed by atoms with Gasteiger partial charge in [-0.2, -0.15) is 0 Å². The highest BCUT2D eigenvalue weighted by atomic mass is 16.7. The van der Waals surface area contributed by atoms with Crippen LogP contribution in [0.4, 0.5) is 0 Å². The zero-order chi connectivity index (χ0) is 54.7. The van der Waals surface area contributed by atoms with E-state index in [2.05, 4.69) is 99.0 Å². The maximum atomic E-state index is 13.4. The highest BCUT2D eigenvalue weighted by Crippen LogP contribution is 2.26. The first-order chi connectivity index (χ1) is 36.7. The maximum absolute atomic E-state index is 13.4. The van der Waals surface area contributed by atoms with Crippen LogP contribution in [0.3, 0.4) is 0 Å². The first-order valence-corrected chi connectivity index (χ1v) is 30.4. The predicted molar refractivity (Wildman–Crippen MR) is 310 cm³/mol. The van der Waals surface area contributed by atoms with Gasteiger partial charge in [0.25, 0.3) is 0 Å². The molecule has 1 heterocycles. The van der Waals surface area contributed by atoms with Crippen molar-refractivity contribution in [1.82, 2.24) is 5.32 Å². The number of nitrogens with one attached hydrogen (secondary N) is 1. The molecule has 0 aromatic heterocycles. The summed E-state index contributed by atoms with van der Waals surface area (Å²) >= 11 is 0. The molecule has 6 N–H and O–H groups in total. The van der Waals surface area contributed by atoms with Crippen LogP contribution in [0.5, 0.6) is 0 Å². The Kier molecular flexibility index (Phi) is 48.0. The third-order valence-electron chi connectivity index (χ3n) is 13.8. The Morgan fingerprint density at radius 1 is 0.533 bits per heavy atom. The molecule has 0 aliphatic carbocycles. The number of aliphatic hydroxyl groups excluding tert-OH is 5. The Morgan fingerprint density at radius 3 is 1.47 bits per heavy atom. The van der Waals surface area contributed by atoms with Crippen molar-refractivity contribution < 1.29 is 49.3 Å². The van der Waals surface area contributed by atoms with Crippen LogP contribution >= 0.6 is 0 Å². The molecule has 1 amide bonds. The smallest absolute Gasteiger partial charge is 0.306 e. The first-order valence-electron chi connectivity index (χ1n) is 30.4. The van der Waals surface area contributed by atoms with Crippen molar-refractivity contribution in [3.63, 3.8) is 0 Å². The minimum atomic E-state index is -1.62. The molecule has 75 heavy (non-hydrogen) atoms. The van der Waals surface area contributed by atoms with Gasteiger partial charge in [0.2, 0.25) is 5.91 Å². The average molecular weight is 1050 g/mol.